The highest BCUT2D eigenvalue weighted by molar-refractivity contribution is 7.92. The van der Waals surface area contributed by atoms with Crippen molar-refractivity contribution in [3.05, 3.63) is 94.0 Å². The molecule has 196 valence electrons. The van der Waals surface area contributed by atoms with Crippen molar-refractivity contribution in [3.8, 4) is 0 Å². The zero-order valence-electron chi connectivity index (χ0n) is 20.8. The molecule has 3 aromatic rings. The smallest absolute Gasteiger partial charge is 0.264 e. The summed E-state index contributed by atoms with van der Waals surface area (Å²) >= 11 is 12.4. The van der Waals surface area contributed by atoms with Crippen molar-refractivity contribution in [2.45, 2.75) is 38.3 Å². The van der Waals surface area contributed by atoms with Gasteiger partial charge in [0.05, 0.1) is 10.6 Å². The zero-order valence-corrected chi connectivity index (χ0v) is 23.1. The second kappa shape index (κ2) is 12.4. The van der Waals surface area contributed by atoms with Gasteiger partial charge in [0.1, 0.15) is 12.6 Å². The second-order valence-electron chi connectivity index (χ2n) is 8.53. The molecule has 0 heterocycles. The number of halogens is 2. The van der Waals surface area contributed by atoms with Crippen LogP contribution in [0.2, 0.25) is 10.0 Å². The number of nitrogens with zero attached hydrogens (tertiary/aromatic N) is 2. The third-order valence-corrected chi connectivity index (χ3v) is 7.92. The number of rotatable bonds is 10. The Bertz CT molecular complexity index is 1350. The summed E-state index contributed by atoms with van der Waals surface area (Å²) in [7, 11) is -4.18. The maximum atomic E-state index is 13.8. The Morgan fingerprint density at radius 2 is 1.59 bits per heavy atom. The maximum absolute atomic E-state index is 13.8. The summed E-state index contributed by atoms with van der Waals surface area (Å²) in [5.74, 6) is -0.900. The topological polar surface area (TPSA) is 86.8 Å². The van der Waals surface area contributed by atoms with E-state index in [0.29, 0.717) is 6.54 Å². The van der Waals surface area contributed by atoms with Crippen LogP contribution in [0.15, 0.2) is 77.7 Å². The number of nitrogens with one attached hydrogen (secondary N) is 1. The predicted molar refractivity (Wildman–Crippen MR) is 147 cm³/mol. The van der Waals surface area contributed by atoms with E-state index in [1.807, 2.05) is 31.2 Å². The minimum absolute atomic E-state index is 0.000839. The molecule has 1 atom stereocenters. The standard InChI is InChI=1S/C27H29Cl2N3O4S/c1-4-30-27(34)20(3)31(17-21-10-8-9-19(2)13-21)26(33)18-32(24-15-22(28)14-23(29)16-24)37(35,36)25-11-6-5-7-12-25/h5-16,20H,4,17-18H2,1-3H3,(H,30,34)/t20-/m0/s1. The van der Waals surface area contributed by atoms with E-state index in [9.17, 15) is 18.0 Å². The number of sulfonamides is 1. The van der Waals surface area contributed by atoms with Gasteiger partial charge in [0.25, 0.3) is 10.0 Å². The molecule has 3 aromatic carbocycles. The predicted octanol–water partition coefficient (Wildman–Crippen LogP) is 5.05. The van der Waals surface area contributed by atoms with Crippen LogP contribution in [0.1, 0.15) is 25.0 Å². The summed E-state index contributed by atoms with van der Waals surface area (Å²) in [5, 5.41) is 3.17. The highest BCUT2D eigenvalue weighted by atomic mass is 35.5. The number of aryl methyl sites for hydroxylation is 1. The van der Waals surface area contributed by atoms with Crippen molar-refractivity contribution < 1.29 is 18.0 Å². The molecule has 0 aliphatic rings. The molecule has 0 aliphatic heterocycles. The van der Waals surface area contributed by atoms with Gasteiger partial charge in [0, 0.05) is 23.1 Å². The lowest BCUT2D eigenvalue weighted by Crippen LogP contribution is -2.51. The summed E-state index contributed by atoms with van der Waals surface area (Å²) in [5.41, 5.74) is 1.95. The molecule has 0 aliphatic carbocycles. The van der Waals surface area contributed by atoms with Crippen molar-refractivity contribution in [1.82, 2.24) is 10.2 Å². The number of amides is 2. The molecule has 3 rings (SSSR count). The Balaban J connectivity index is 2.05. The largest absolute Gasteiger partial charge is 0.355 e. The van der Waals surface area contributed by atoms with E-state index < -0.39 is 28.5 Å². The van der Waals surface area contributed by atoms with E-state index in [2.05, 4.69) is 5.32 Å². The lowest BCUT2D eigenvalue weighted by atomic mass is 10.1. The number of hydrogen-bond donors (Lipinski definition) is 1. The Morgan fingerprint density at radius 1 is 0.946 bits per heavy atom. The second-order valence-corrected chi connectivity index (χ2v) is 11.3. The highest BCUT2D eigenvalue weighted by Crippen LogP contribution is 2.30. The molecule has 0 saturated carbocycles. The van der Waals surface area contributed by atoms with Gasteiger partial charge in [-0.15, -0.1) is 0 Å². The van der Waals surface area contributed by atoms with Gasteiger partial charge in [-0.05, 0) is 56.7 Å². The van der Waals surface area contributed by atoms with Gasteiger partial charge in [0.2, 0.25) is 11.8 Å². The molecule has 0 bridgehead atoms. The van der Waals surface area contributed by atoms with Crippen molar-refractivity contribution in [2.75, 3.05) is 17.4 Å². The Hall–Kier alpha value is -3.07. The molecule has 10 heteroatoms. The van der Waals surface area contributed by atoms with Crippen LogP contribution in [0.5, 0.6) is 0 Å². The first-order chi connectivity index (χ1) is 17.5. The minimum Gasteiger partial charge on any atom is -0.355 e. The van der Waals surface area contributed by atoms with Crippen LogP contribution in [0.25, 0.3) is 0 Å². The van der Waals surface area contributed by atoms with Crippen LogP contribution in [-0.4, -0.2) is 44.3 Å². The van der Waals surface area contributed by atoms with E-state index in [4.69, 9.17) is 23.2 Å². The SMILES string of the molecule is CCNC(=O)[C@H](C)N(Cc1cccc(C)c1)C(=O)CN(c1cc(Cl)cc(Cl)c1)S(=O)(=O)c1ccccc1. The normalized spacial score (nSPS) is 12.0. The summed E-state index contributed by atoms with van der Waals surface area (Å²) in [4.78, 5) is 27.9. The average molecular weight is 563 g/mol. The molecular formula is C27H29Cl2N3O4S. The molecule has 0 spiro atoms. The lowest BCUT2D eigenvalue weighted by Gasteiger charge is -2.32. The number of carbonyl (C=O) groups is 2. The number of likely N-dealkylation sites (N-methyl/N-ethyl adjacent to an activating group) is 1. The van der Waals surface area contributed by atoms with E-state index in [1.54, 1.807) is 32.0 Å². The molecule has 0 fully saturated rings. The number of anilines is 1. The third-order valence-electron chi connectivity index (χ3n) is 5.70. The fraction of sp³-hybridized carbons (Fsp3) is 0.259. The molecule has 0 saturated heterocycles. The Kier molecular flexibility index (Phi) is 9.59. The highest BCUT2D eigenvalue weighted by Gasteiger charge is 2.32. The van der Waals surface area contributed by atoms with Crippen LogP contribution in [0.3, 0.4) is 0 Å². The van der Waals surface area contributed by atoms with Gasteiger partial charge >= 0.3 is 0 Å². The summed E-state index contributed by atoms with van der Waals surface area (Å²) in [6.45, 7) is 5.28. The first kappa shape index (κ1) is 28.5. The van der Waals surface area contributed by atoms with Gasteiger partial charge in [-0.1, -0.05) is 71.2 Å². The average Bonchev–Trinajstić information content (AvgIpc) is 2.85. The fourth-order valence-corrected chi connectivity index (χ4v) is 5.78. The number of hydrogen-bond acceptors (Lipinski definition) is 4. The van der Waals surface area contributed by atoms with Crippen LogP contribution >= 0.6 is 23.2 Å². The maximum Gasteiger partial charge on any atom is 0.264 e. The van der Waals surface area contributed by atoms with Gasteiger partial charge < -0.3 is 10.2 Å². The Labute approximate surface area is 228 Å². The van der Waals surface area contributed by atoms with E-state index >= 15 is 0 Å². The minimum atomic E-state index is -4.18. The molecular weight excluding hydrogens is 533 g/mol. The molecule has 0 unspecified atom stereocenters. The summed E-state index contributed by atoms with van der Waals surface area (Å²) in [6.07, 6.45) is 0. The van der Waals surface area contributed by atoms with Crippen LogP contribution in [0, 0.1) is 6.92 Å². The van der Waals surface area contributed by atoms with Crippen LogP contribution in [0.4, 0.5) is 5.69 Å². The van der Waals surface area contributed by atoms with Crippen molar-refractivity contribution >= 4 is 50.7 Å². The third kappa shape index (κ3) is 7.25. The van der Waals surface area contributed by atoms with Crippen LogP contribution in [-0.2, 0) is 26.2 Å². The van der Waals surface area contributed by atoms with Crippen molar-refractivity contribution in [2.24, 2.45) is 0 Å². The van der Waals surface area contributed by atoms with Gasteiger partial charge in [-0.3, -0.25) is 13.9 Å². The molecule has 0 radical (unpaired) electrons. The van der Waals surface area contributed by atoms with E-state index in [-0.39, 0.29) is 33.1 Å². The fourth-order valence-electron chi connectivity index (χ4n) is 3.84. The molecule has 37 heavy (non-hydrogen) atoms. The monoisotopic (exact) mass is 561 g/mol. The quantitative estimate of drug-likeness (QED) is 0.375. The van der Waals surface area contributed by atoms with Gasteiger partial charge in [-0.25, -0.2) is 8.42 Å². The van der Waals surface area contributed by atoms with Crippen molar-refractivity contribution in [1.29, 1.82) is 0 Å². The molecule has 7 nitrogen and oxygen atoms in total. The number of benzene rings is 3. The first-order valence-electron chi connectivity index (χ1n) is 11.7. The van der Waals surface area contributed by atoms with Crippen LogP contribution < -0.4 is 9.62 Å². The molecule has 2 amide bonds. The summed E-state index contributed by atoms with van der Waals surface area (Å²) < 4.78 is 28.4. The summed E-state index contributed by atoms with van der Waals surface area (Å²) in [6, 6.07) is 18.8. The van der Waals surface area contributed by atoms with Gasteiger partial charge in [0.15, 0.2) is 0 Å². The van der Waals surface area contributed by atoms with E-state index in [1.165, 1.54) is 35.2 Å². The van der Waals surface area contributed by atoms with Gasteiger partial charge in [-0.2, -0.15) is 0 Å². The van der Waals surface area contributed by atoms with E-state index in [0.717, 1.165) is 15.4 Å². The molecule has 0 aromatic heterocycles. The first-order valence-corrected chi connectivity index (χ1v) is 13.9. The lowest BCUT2D eigenvalue weighted by molar-refractivity contribution is -0.139. The Morgan fingerprint density at radius 3 is 2.19 bits per heavy atom. The number of carbonyl (C=O) groups excluding carboxylic acids is 2. The van der Waals surface area contributed by atoms with Crippen molar-refractivity contribution in [3.63, 3.8) is 0 Å². The zero-order chi connectivity index (χ0) is 27.2. The molecule has 1 N–H and O–H groups in total.